The van der Waals surface area contributed by atoms with Crippen LogP contribution >= 0.6 is 15.9 Å². The van der Waals surface area contributed by atoms with Gasteiger partial charge < -0.3 is 10.5 Å². The molecule has 0 atom stereocenters. The second-order valence-electron chi connectivity index (χ2n) is 2.12. The molecular formula is C7H7BrN2O2. The Labute approximate surface area is 77.9 Å². The molecule has 0 spiro atoms. The van der Waals surface area contributed by atoms with E-state index in [0.717, 1.165) is 0 Å². The molecule has 1 heterocycles. The van der Waals surface area contributed by atoms with Crippen LogP contribution in [0, 0.1) is 0 Å². The predicted octanol–water partition coefficient (Wildman–Crippen LogP) is 1.35. The van der Waals surface area contributed by atoms with Gasteiger partial charge in [-0.25, -0.2) is 4.98 Å². The standard InChI is InChI=1S/C7H7BrN2O2/c1-4(11)12-7-5(9)2-3-6(8)10-7/h2-3H,9H2,1H3. The van der Waals surface area contributed by atoms with Crippen LogP contribution in [0.1, 0.15) is 6.92 Å². The van der Waals surface area contributed by atoms with Crippen LogP contribution in [0.15, 0.2) is 16.7 Å². The molecule has 64 valence electrons. The van der Waals surface area contributed by atoms with Gasteiger partial charge >= 0.3 is 5.97 Å². The molecule has 0 radical (unpaired) electrons. The molecule has 0 aliphatic heterocycles. The molecule has 4 nitrogen and oxygen atoms in total. The molecule has 0 bridgehead atoms. The zero-order valence-corrected chi connectivity index (χ0v) is 7.96. The second kappa shape index (κ2) is 3.53. The first-order valence-corrected chi connectivity index (χ1v) is 3.99. The number of nitrogen functional groups attached to an aromatic ring is 1. The van der Waals surface area contributed by atoms with Crippen molar-refractivity contribution < 1.29 is 9.53 Å². The zero-order valence-electron chi connectivity index (χ0n) is 6.37. The van der Waals surface area contributed by atoms with Gasteiger partial charge in [0.1, 0.15) is 4.60 Å². The van der Waals surface area contributed by atoms with Gasteiger partial charge in [-0.15, -0.1) is 0 Å². The van der Waals surface area contributed by atoms with Crippen LogP contribution < -0.4 is 10.5 Å². The van der Waals surface area contributed by atoms with Crippen molar-refractivity contribution in [1.29, 1.82) is 0 Å². The highest BCUT2D eigenvalue weighted by atomic mass is 79.9. The number of anilines is 1. The van der Waals surface area contributed by atoms with Crippen molar-refractivity contribution in [1.82, 2.24) is 4.98 Å². The summed E-state index contributed by atoms with van der Waals surface area (Å²) >= 11 is 3.13. The number of carbonyl (C=O) groups is 1. The van der Waals surface area contributed by atoms with Crippen LogP contribution in [0.4, 0.5) is 5.69 Å². The van der Waals surface area contributed by atoms with Gasteiger partial charge in [-0.2, -0.15) is 0 Å². The lowest BCUT2D eigenvalue weighted by molar-refractivity contribution is -0.132. The molecule has 1 aromatic heterocycles. The molecule has 2 N–H and O–H groups in total. The SMILES string of the molecule is CC(=O)Oc1nc(Br)ccc1N. The quantitative estimate of drug-likeness (QED) is 0.585. The van der Waals surface area contributed by atoms with Crippen LogP contribution in [0.2, 0.25) is 0 Å². The molecule has 5 heteroatoms. The first-order chi connectivity index (χ1) is 5.59. The third-order valence-corrected chi connectivity index (χ3v) is 1.54. The maximum absolute atomic E-state index is 10.5. The fourth-order valence-corrected chi connectivity index (χ4v) is 0.940. The van der Waals surface area contributed by atoms with Crippen LogP contribution in [-0.2, 0) is 4.79 Å². The summed E-state index contributed by atoms with van der Waals surface area (Å²) in [5.41, 5.74) is 5.82. The molecule has 0 saturated carbocycles. The maximum atomic E-state index is 10.5. The average Bonchev–Trinajstić information content (AvgIpc) is 1.96. The van der Waals surface area contributed by atoms with Crippen LogP contribution in [0.3, 0.4) is 0 Å². The lowest BCUT2D eigenvalue weighted by Gasteiger charge is -2.02. The molecule has 1 aromatic rings. The van der Waals surface area contributed by atoms with E-state index in [2.05, 4.69) is 20.9 Å². The number of aromatic nitrogens is 1. The Morgan fingerprint density at radius 1 is 1.67 bits per heavy atom. The number of nitrogens with two attached hydrogens (primary N) is 1. The molecule has 0 aliphatic rings. The van der Waals surface area contributed by atoms with Crippen molar-refractivity contribution in [2.24, 2.45) is 0 Å². The molecule has 0 amide bonds. The van der Waals surface area contributed by atoms with Crippen molar-refractivity contribution in [2.75, 3.05) is 5.73 Å². The number of esters is 1. The van der Waals surface area contributed by atoms with E-state index in [1.165, 1.54) is 6.92 Å². The number of ether oxygens (including phenoxy) is 1. The Balaban J connectivity index is 2.97. The highest BCUT2D eigenvalue weighted by Gasteiger charge is 2.04. The summed E-state index contributed by atoms with van der Waals surface area (Å²) in [6.45, 7) is 1.29. The van der Waals surface area contributed by atoms with Crippen molar-refractivity contribution >= 4 is 27.6 Å². The summed E-state index contributed by atoms with van der Waals surface area (Å²) < 4.78 is 5.30. The maximum Gasteiger partial charge on any atom is 0.309 e. The Morgan fingerprint density at radius 2 is 2.33 bits per heavy atom. The third kappa shape index (κ3) is 2.20. The molecule has 0 unspecified atom stereocenters. The number of pyridine rings is 1. The topological polar surface area (TPSA) is 65.2 Å². The Morgan fingerprint density at radius 3 is 2.92 bits per heavy atom. The van der Waals surface area contributed by atoms with E-state index >= 15 is 0 Å². The largest absolute Gasteiger partial charge is 0.405 e. The van der Waals surface area contributed by atoms with Gasteiger partial charge in [0, 0.05) is 6.92 Å². The van der Waals surface area contributed by atoms with Crippen LogP contribution in [-0.4, -0.2) is 11.0 Å². The molecule has 0 saturated heterocycles. The smallest absolute Gasteiger partial charge is 0.309 e. The van der Waals surface area contributed by atoms with Crippen molar-refractivity contribution in [2.45, 2.75) is 6.92 Å². The van der Waals surface area contributed by atoms with Crippen molar-refractivity contribution in [3.63, 3.8) is 0 Å². The summed E-state index contributed by atoms with van der Waals surface area (Å²) in [7, 11) is 0. The first kappa shape index (κ1) is 8.99. The predicted molar refractivity (Wildman–Crippen MR) is 47.7 cm³/mol. The van der Waals surface area contributed by atoms with Gasteiger partial charge in [-0.1, -0.05) is 0 Å². The molecule has 12 heavy (non-hydrogen) atoms. The number of hydrogen-bond acceptors (Lipinski definition) is 4. The molecule has 0 aromatic carbocycles. The normalized spacial score (nSPS) is 9.50. The van der Waals surface area contributed by atoms with Gasteiger partial charge in [0.15, 0.2) is 0 Å². The van der Waals surface area contributed by atoms with Crippen molar-refractivity contribution in [3.05, 3.63) is 16.7 Å². The number of carbonyl (C=O) groups excluding carboxylic acids is 1. The average molecular weight is 231 g/mol. The summed E-state index contributed by atoms with van der Waals surface area (Å²) in [5.74, 6) is -0.302. The minimum Gasteiger partial charge on any atom is -0.405 e. The molecular weight excluding hydrogens is 224 g/mol. The van der Waals surface area contributed by atoms with Crippen LogP contribution in [0.5, 0.6) is 5.88 Å². The van der Waals surface area contributed by atoms with E-state index in [-0.39, 0.29) is 5.88 Å². The lowest BCUT2D eigenvalue weighted by Crippen LogP contribution is -2.05. The summed E-state index contributed by atoms with van der Waals surface area (Å²) in [6, 6.07) is 3.28. The van der Waals surface area contributed by atoms with Gasteiger partial charge in [0.2, 0.25) is 5.88 Å². The van der Waals surface area contributed by atoms with Crippen LogP contribution in [0.25, 0.3) is 0 Å². The summed E-state index contributed by atoms with van der Waals surface area (Å²) in [5, 5.41) is 0. The van der Waals surface area contributed by atoms with E-state index in [4.69, 9.17) is 10.5 Å². The fraction of sp³-hybridized carbons (Fsp3) is 0.143. The molecule has 0 aliphatic carbocycles. The van der Waals surface area contributed by atoms with Gasteiger partial charge in [0.25, 0.3) is 0 Å². The lowest BCUT2D eigenvalue weighted by atomic mass is 10.4. The summed E-state index contributed by atoms with van der Waals surface area (Å²) in [4.78, 5) is 14.4. The minimum absolute atomic E-state index is 0.136. The highest BCUT2D eigenvalue weighted by Crippen LogP contribution is 2.20. The highest BCUT2D eigenvalue weighted by molar-refractivity contribution is 9.10. The van der Waals surface area contributed by atoms with E-state index in [1.807, 2.05) is 0 Å². The number of rotatable bonds is 1. The number of halogens is 1. The Hall–Kier alpha value is -1.10. The second-order valence-corrected chi connectivity index (χ2v) is 2.93. The van der Waals surface area contributed by atoms with E-state index in [0.29, 0.717) is 10.3 Å². The number of nitrogens with zero attached hydrogens (tertiary/aromatic N) is 1. The van der Waals surface area contributed by atoms with E-state index in [9.17, 15) is 4.79 Å². The molecule has 0 fully saturated rings. The van der Waals surface area contributed by atoms with Gasteiger partial charge in [0.05, 0.1) is 5.69 Å². The zero-order chi connectivity index (χ0) is 9.14. The third-order valence-electron chi connectivity index (χ3n) is 1.10. The summed E-state index contributed by atoms with van der Waals surface area (Å²) in [6.07, 6.45) is 0. The van der Waals surface area contributed by atoms with E-state index in [1.54, 1.807) is 12.1 Å². The Bertz CT molecular complexity index is 314. The Kier molecular flexibility index (Phi) is 2.65. The van der Waals surface area contributed by atoms with Crippen molar-refractivity contribution in [3.8, 4) is 5.88 Å². The fourth-order valence-electron chi connectivity index (χ4n) is 0.647. The number of hydrogen-bond donors (Lipinski definition) is 1. The van der Waals surface area contributed by atoms with Gasteiger partial charge in [-0.3, -0.25) is 4.79 Å². The van der Waals surface area contributed by atoms with Gasteiger partial charge in [-0.05, 0) is 28.1 Å². The first-order valence-electron chi connectivity index (χ1n) is 3.20. The monoisotopic (exact) mass is 230 g/mol. The minimum atomic E-state index is -0.438. The van der Waals surface area contributed by atoms with E-state index < -0.39 is 5.97 Å². The molecule has 1 rings (SSSR count).